The van der Waals surface area contributed by atoms with Gasteiger partial charge in [0.15, 0.2) is 17.4 Å². The Hall–Kier alpha value is -2.52. The van der Waals surface area contributed by atoms with Crippen molar-refractivity contribution in [3.8, 4) is 17.6 Å². The zero-order valence-electron chi connectivity index (χ0n) is 10.0. The highest BCUT2D eigenvalue weighted by Gasteiger charge is 2.17. The molecule has 1 N–H and O–H groups in total. The zero-order chi connectivity index (χ0) is 14.7. The van der Waals surface area contributed by atoms with Gasteiger partial charge in [0.1, 0.15) is 23.2 Å². The Morgan fingerprint density at radius 2 is 1.75 bits per heavy atom. The third-order valence-corrected chi connectivity index (χ3v) is 2.54. The van der Waals surface area contributed by atoms with Gasteiger partial charge in [-0.3, -0.25) is 0 Å². The van der Waals surface area contributed by atoms with E-state index in [1.165, 1.54) is 12.1 Å². The van der Waals surface area contributed by atoms with Gasteiger partial charge in [-0.05, 0) is 29.8 Å². The molecule has 2 rings (SSSR count). The van der Waals surface area contributed by atoms with Gasteiger partial charge in [0.25, 0.3) is 0 Å². The van der Waals surface area contributed by atoms with Crippen LogP contribution >= 0.6 is 0 Å². The fourth-order valence-corrected chi connectivity index (χ4v) is 1.61. The van der Waals surface area contributed by atoms with Crippen LogP contribution in [0.2, 0.25) is 0 Å². The minimum Gasteiger partial charge on any atom is -0.450 e. The number of aliphatic hydroxyl groups is 1. The van der Waals surface area contributed by atoms with Crippen molar-refractivity contribution in [2.75, 3.05) is 0 Å². The largest absolute Gasteiger partial charge is 0.450 e. The van der Waals surface area contributed by atoms with E-state index < -0.39 is 35.4 Å². The third kappa shape index (κ3) is 2.58. The molecule has 0 bridgehead atoms. The van der Waals surface area contributed by atoms with Gasteiger partial charge in [-0.2, -0.15) is 5.26 Å². The predicted molar refractivity (Wildman–Crippen MR) is 63.5 cm³/mol. The van der Waals surface area contributed by atoms with Crippen molar-refractivity contribution in [3.05, 3.63) is 58.9 Å². The number of aliphatic hydroxyl groups excluding tert-OH is 1. The van der Waals surface area contributed by atoms with E-state index in [9.17, 15) is 13.2 Å². The Bertz CT molecular complexity index is 672. The van der Waals surface area contributed by atoms with Gasteiger partial charge in [0.2, 0.25) is 0 Å². The van der Waals surface area contributed by atoms with Crippen LogP contribution in [0.1, 0.15) is 11.1 Å². The summed E-state index contributed by atoms with van der Waals surface area (Å²) < 4.78 is 45.6. The molecule has 0 aromatic heterocycles. The van der Waals surface area contributed by atoms with E-state index in [2.05, 4.69) is 0 Å². The molecule has 0 fully saturated rings. The number of ether oxygens (including phenoxy) is 1. The number of halogens is 3. The van der Waals surface area contributed by atoms with E-state index in [1.54, 1.807) is 6.07 Å². The summed E-state index contributed by atoms with van der Waals surface area (Å²) in [5.41, 5.74) is -0.412. The summed E-state index contributed by atoms with van der Waals surface area (Å²) in [5.74, 6) is -4.01. The average Bonchev–Trinajstić information content (AvgIpc) is 2.42. The Morgan fingerprint density at radius 3 is 2.30 bits per heavy atom. The van der Waals surface area contributed by atoms with E-state index in [-0.39, 0.29) is 11.3 Å². The molecule has 0 spiro atoms. The summed E-state index contributed by atoms with van der Waals surface area (Å²) in [6.07, 6.45) is 0. The molecule has 102 valence electrons. The highest BCUT2D eigenvalue weighted by Crippen LogP contribution is 2.31. The molecule has 0 atom stereocenters. The summed E-state index contributed by atoms with van der Waals surface area (Å²) in [4.78, 5) is 0. The molecule has 0 amide bonds. The second kappa shape index (κ2) is 5.63. The molecular formula is C14H8F3NO2. The lowest BCUT2D eigenvalue weighted by molar-refractivity contribution is 0.279. The smallest absolute Gasteiger partial charge is 0.198 e. The quantitative estimate of drug-likeness (QED) is 0.938. The Morgan fingerprint density at radius 1 is 1.10 bits per heavy atom. The van der Waals surface area contributed by atoms with Crippen LogP contribution in [0.25, 0.3) is 0 Å². The van der Waals surface area contributed by atoms with Crippen LogP contribution in [-0.2, 0) is 6.61 Å². The molecule has 0 heterocycles. The first-order valence-electron chi connectivity index (χ1n) is 5.52. The average molecular weight is 279 g/mol. The van der Waals surface area contributed by atoms with Gasteiger partial charge in [-0.25, -0.2) is 13.2 Å². The maximum atomic E-state index is 13.7. The molecule has 0 aliphatic rings. The second-order valence-corrected chi connectivity index (χ2v) is 3.87. The number of rotatable bonds is 3. The Balaban J connectivity index is 2.46. The standard InChI is InChI=1S/C14H8F3NO2/c15-10-2-1-3-13(9(10)6-18)20-14-11(16)4-8(7-19)5-12(14)17/h1-5,19H,7H2. The van der Waals surface area contributed by atoms with E-state index in [0.717, 1.165) is 18.2 Å². The molecule has 20 heavy (non-hydrogen) atoms. The maximum absolute atomic E-state index is 13.7. The molecule has 2 aromatic carbocycles. The van der Waals surface area contributed by atoms with Crippen molar-refractivity contribution < 1.29 is 23.0 Å². The third-order valence-electron chi connectivity index (χ3n) is 2.54. The van der Waals surface area contributed by atoms with Gasteiger partial charge >= 0.3 is 0 Å². The Kier molecular flexibility index (Phi) is 3.91. The van der Waals surface area contributed by atoms with E-state index in [0.29, 0.717) is 0 Å². The monoisotopic (exact) mass is 279 g/mol. The van der Waals surface area contributed by atoms with Gasteiger partial charge in [-0.1, -0.05) is 6.07 Å². The molecule has 0 saturated carbocycles. The summed E-state index contributed by atoms with van der Waals surface area (Å²) in [5, 5.41) is 17.6. The first-order chi connectivity index (χ1) is 9.56. The Labute approximate surface area is 112 Å². The van der Waals surface area contributed by atoms with E-state index >= 15 is 0 Å². The SMILES string of the molecule is N#Cc1c(F)cccc1Oc1c(F)cc(CO)cc1F. The van der Waals surface area contributed by atoms with Crippen LogP contribution < -0.4 is 4.74 Å². The summed E-state index contributed by atoms with van der Waals surface area (Å²) in [7, 11) is 0. The minimum atomic E-state index is -1.05. The highest BCUT2D eigenvalue weighted by atomic mass is 19.1. The van der Waals surface area contributed by atoms with Gasteiger partial charge < -0.3 is 9.84 Å². The van der Waals surface area contributed by atoms with E-state index in [4.69, 9.17) is 15.1 Å². The van der Waals surface area contributed by atoms with Gasteiger partial charge in [0, 0.05) is 0 Å². The maximum Gasteiger partial charge on any atom is 0.198 e. The molecule has 0 aliphatic carbocycles. The van der Waals surface area contributed by atoms with Gasteiger partial charge in [-0.15, -0.1) is 0 Å². The summed E-state index contributed by atoms with van der Waals surface area (Å²) >= 11 is 0. The molecule has 0 unspecified atom stereocenters. The van der Waals surface area contributed by atoms with Crippen molar-refractivity contribution >= 4 is 0 Å². The number of hydrogen-bond acceptors (Lipinski definition) is 3. The molecular weight excluding hydrogens is 271 g/mol. The van der Waals surface area contributed by atoms with Crippen molar-refractivity contribution in [2.24, 2.45) is 0 Å². The summed E-state index contributed by atoms with van der Waals surface area (Å²) in [6, 6.07) is 6.86. The predicted octanol–water partition coefficient (Wildman–Crippen LogP) is 3.26. The molecule has 0 saturated heterocycles. The van der Waals surface area contributed by atoms with Crippen molar-refractivity contribution in [3.63, 3.8) is 0 Å². The van der Waals surface area contributed by atoms with Crippen LogP contribution in [0.4, 0.5) is 13.2 Å². The fourth-order valence-electron chi connectivity index (χ4n) is 1.61. The number of hydrogen-bond donors (Lipinski definition) is 1. The summed E-state index contributed by atoms with van der Waals surface area (Å²) in [6.45, 7) is -0.530. The lowest BCUT2D eigenvalue weighted by atomic mass is 10.2. The van der Waals surface area contributed by atoms with Crippen LogP contribution in [0, 0.1) is 28.8 Å². The highest BCUT2D eigenvalue weighted by molar-refractivity contribution is 5.46. The molecule has 0 aliphatic heterocycles. The lowest BCUT2D eigenvalue weighted by Crippen LogP contribution is -1.98. The van der Waals surface area contributed by atoms with Crippen molar-refractivity contribution in [1.82, 2.24) is 0 Å². The topological polar surface area (TPSA) is 53.2 Å². The zero-order valence-corrected chi connectivity index (χ0v) is 10.0. The normalized spacial score (nSPS) is 10.2. The number of benzene rings is 2. The van der Waals surface area contributed by atoms with Crippen LogP contribution in [0.15, 0.2) is 30.3 Å². The first-order valence-corrected chi connectivity index (χ1v) is 5.52. The number of nitrogens with zero attached hydrogens (tertiary/aromatic N) is 1. The molecule has 3 nitrogen and oxygen atoms in total. The molecule has 2 aromatic rings. The van der Waals surface area contributed by atoms with Crippen molar-refractivity contribution in [1.29, 1.82) is 5.26 Å². The molecule has 6 heteroatoms. The second-order valence-electron chi connectivity index (χ2n) is 3.87. The number of nitriles is 1. The minimum absolute atomic E-state index is 0.0344. The van der Waals surface area contributed by atoms with Crippen LogP contribution in [0.3, 0.4) is 0 Å². The fraction of sp³-hybridized carbons (Fsp3) is 0.0714. The van der Waals surface area contributed by atoms with Crippen LogP contribution in [-0.4, -0.2) is 5.11 Å². The van der Waals surface area contributed by atoms with Crippen LogP contribution in [0.5, 0.6) is 11.5 Å². The molecule has 0 radical (unpaired) electrons. The van der Waals surface area contributed by atoms with Crippen molar-refractivity contribution in [2.45, 2.75) is 6.61 Å². The first kappa shape index (κ1) is 13.9. The van der Waals surface area contributed by atoms with Gasteiger partial charge in [0.05, 0.1) is 6.61 Å². The lowest BCUT2D eigenvalue weighted by Gasteiger charge is -2.10. The van der Waals surface area contributed by atoms with E-state index in [1.807, 2.05) is 0 Å².